The van der Waals surface area contributed by atoms with Gasteiger partial charge in [0.15, 0.2) is 11.5 Å². The highest BCUT2D eigenvalue weighted by Crippen LogP contribution is 2.33. The highest BCUT2D eigenvalue weighted by atomic mass is 32.2. The highest BCUT2D eigenvalue weighted by molar-refractivity contribution is 7.99. The Kier molecular flexibility index (Phi) is 5.53. The Hall–Kier alpha value is -2.01. The van der Waals surface area contributed by atoms with E-state index in [2.05, 4.69) is 6.07 Å². The Morgan fingerprint density at radius 3 is 2.48 bits per heavy atom. The van der Waals surface area contributed by atoms with E-state index in [9.17, 15) is 0 Å². The number of hydrogen-bond donors (Lipinski definition) is 0. The molecule has 0 N–H and O–H groups in total. The Labute approximate surface area is 140 Å². The standard InChI is InChI=1S/C18H20O4S/c1-19-14-3-5-15(6-4-14)20-11-12-23-16-7-8-17-18(13-16)22-10-2-9-21-17/h3-8,13H,2,9-12H2,1H3. The minimum absolute atomic E-state index is 0.644. The number of ether oxygens (including phenoxy) is 4. The van der Waals surface area contributed by atoms with E-state index in [1.54, 1.807) is 18.9 Å². The summed E-state index contributed by atoms with van der Waals surface area (Å²) in [6.07, 6.45) is 0.923. The van der Waals surface area contributed by atoms with Gasteiger partial charge in [-0.15, -0.1) is 11.8 Å². The molecule has 2 aromatic carbocycles. The summed E-state index contributed by atoms with van der Waals surface area (Å²) in [5.41, 5.74) is 0. The van der Waals surface area contributed by atoms with E-state index in [4.69, 9.17) is 18.9 Å². The molecule has 0 aliphatic carbocycles. The molecule has 0 fully saturated rings. The van der Waals surface area contributed by atoms with Crippen molar-refractivity contribution in [2.75, 3.05) is 32.7 Å². The second-order valence-corrected chi connectivity index (χ2v) is 6.20. The van der Waals surface area contributed by atoms with Gasteiger partial charge < -0.3 is 18.9 Å². The van der Waals surface area contributed by atoms with Gasteiger partial charge in [-0.05, 0) is 42.5 Å². The summed E-state index contributed by atoms with van der Waals surface area (Å²) >= 11 is 1.74. The molecule has 3 rings (SSSR count). The Balaban J connectivity index is 1.47. The predicted molar refractivity (Wildman–Crippen MR) is 91.3 cm³/mol. The van der Waals surface area contributed by atoms with Gasteiger partial charge in [0.2, 0.25) is 0 Å². The van der Waals surface area contributed by atoms with Crippen molar-refractivity contribution in [1.82, 2.24) is 0 Å². The molecule has 2 aromatic rings. The van der Waals surface area contributed by atoms with Crippen LogP contribution in [-0.4, -0.2) is 32.7 Å². The summed E-state index contributed by atoms with van der Waals surface area (Å²) in [4.78, 5) is 1.16. The first kappa shape index (κ1) is 15.9. The molecular weight excluding hydrogens is 312 g/mol. The van der Waals surface area contributed by atoms with Crippen LogP contribution in [-0.2, 0) is 0 Å². The molecule has 0 aromatic heterocycles. The topological polar surface area (TPSA) is 36.9 Å². The number of methoxy groups -OCH3 is 1. The lowest BCUT2D eigenvalue weighted by Gasteiger charge is -2.10. The minimum Gasteiger partial charge on any atom is -0.497 e. The highest BCUT2D eigenvalue weighted by Gasteiger charge is 2.10. The van der Waals surface area contributed by atoms with Crippen LogP contribution in [0.15, 0.2) is 47.4 Å². The SMILES string of the molecule is COc1ccc(OCCSc2ccc3c(c2)OCCCO3)cc1. The van der Waals surface area contributed by atoms with Crippen LogP contribution in [0, 0.1) is 0 Å². The molecule has 1 aliphatic heterocycles. The van der Waals surface area contributed by atoms with Gasteiger partial charge in [-0.25, -0.2) is 0 Å². The van der Waals surface area contributed by atoms with Crippen molar-refractivity contribution in [2.45, 2.75) is 11.3 Å². The lowest BCUT2D eigenvalue weighted by atomic mass is 10.3. The Morgan fingerprint density at radius 1 is 0.957 bits per heavy atom. The van der Waals surface area contributed by atoms with E-state index >= 15 is 0 Å². The second kappa shape index (κ2) is 8.02. The summed E-state index contributed by atoms with van der Waals surface area (Å²) in [5, 5.41) is 0. The first-order valence-electron chi connectivity index (χ1n) is 7.64. The molecule has 0 radical (unpaired) electrons. The van der Waals surface area contributed by atoms with Gasteiger partial charge >= 0.3 is 0 Å². The fourth-order valence-electron chi connectivity index (χ4n) is 2.22. The maximum atomic E-state index is 5.73. The third-order valence-electron chi connectivity index (χ3n) is 3.40. The van der Waals surface area contributed by atoms with Crippen molar-refractivity contribution in [3.63, 3.8) is 0 Å². The van der Waals surface area contributed by atoms with E-state index in [0.717, 1.165) is 46.7 Å². The van der Waals surface area contributed by atoms with Crippen LogP contribution >= 0.6 is 11.8 Å². The van der Waals surface area contributed by atoms with Crippen LogP contribution in [0.1, 0.15) is 6.42 Å². The van der Waals surface area contributed by atoms with Crippen LogP contribution in [0.25, 0.3) is 0 Å². The van der Waals surface area contributed by atoms with E-state index in [1.165, 1.54) is 0 Å². The maximum Gasteiger partial charge on any atom is 0.162 e. The van der Waals surface area contributed by atoms with Gasteiger partial charge in [-0.3, -0.25) is 0 Å². The van der Waals surface area contributed by atoms with E-state index < -0.39 is 0 Å². The lowest BCUT2D eigenvalue weighted by molar-refractivity contribution is 0.297. The Bertz CT molecular complexity index is 627. The fourth-order valence-corrected chi connectivity index (χ4v) is 2.98. The summed E-state index contributed by atoms with van der Waals surface area (Å²) in [7, 11) is 1.65. The van der Waals surface area contributed by atoms with E-state index in [0.29, 0.717) is 13.2 Å². The quantitative estimate of drug-likeness (QED) is 0.590. The second-order valence-electron chi connectivity index (χ2n) is 5.03. The molecule has 4 nitrogen and oxygen atoms in total. The van der Waals surface area contributed by atoms with Gasteiger partial charge in [-0.2, -0.15) is 0 Å². The largest absolute Gasteiger partial charge is 0.497 e. The molecule has 0 unspecified atom stereocenters. The number of fused-ring (bicyclic) bond motifs is 1. The van der Waals surface area contributed by atoms with Crippen LogP contribution in [0.5, 0.6) is 23.0 Å². The molecule has 5 heteroatoms. The van der Waals surface area contributed by atoms with Gasteiger partial charge in [0.1, 0.15) is 11.5 Å². The number of benzene rings is 2. The summed E-state index contributed by atoms with van der Waals surface area (Å²) < 4.78 is 22.2. The monoisotopic (exact) mass is 332 g/mol. The normalized spacial score (nSPS) is 13.3. The molecule has 1 heterocycles. The zero-order valence-corrected chi connectivity index (χ0v) is 13.9. The van der Waals surface area contributed by atoms with Crippen molar-refractivity contribution in [2.24, 2.45) is 0 Å². The molecule has 122 valence electrons. The van der Waals surface area contributed by atoms with Gasteiger partial charge in [0.05, 0.1) is 26.9 Å². The molecule has 0 amide bonds. The van der Waals surface area contributed by atoms with Crippen LogP contribution in [0.3, 0.4) is 0 Å². The van der Waals surface area contributed by atoms with Gasteiger partial charge in [0, 0.05) is 17.1 Å². The molecule has 0 saturated carbocycles. The fraction of sp³-hybridized carbons (Fsp3) is 0.333. The predicted octanol–water partition coefficient (Wildman–Crippen LogP) is 4.03. The average molecular weight is 332 g/mol. The molecule has 23 heavy (non-hydrogen) atoms. The van der Waals surface area contributed by atoms with Crippen molar-refractivity contribution < 1.29 is 18.9 Å². The van der Waals surface area contributed by atoms with Crippen molar-refractivity contribution in [3.8, 4) is 23.0 Å². The van der Waals surface area contributed by atoms with Crippen LogP contribution in [0.2, 0.25) is 0 Å². The third-order valence-corrected chi connectivity index (χ3v) is 4.36. The van der Waals surface area contributed by atoms with Crippen molar-refractivity contribution >= 4 is 11.8 Å². The smallest absolute Gasteiger partial charge is 0.162 e. The maximum absolute atomic E-state index is 5.73. The average Bonchev–Trinajstić information content (AvgIpc) is 2.84. The van der Waals surface area contributed by atoms with E-state index in [1.807, 2.05) is 36.4 Å². The van der Waals surface area contributed by atoms with Gasteiger partial charge in [0.25, 0.3) is 0 Å². The van der Waals surface area contributed by atoms with Crippen molar-refractivity contribution in [1.29, 1.82) is 0 Å². The first-order chi connectivity index (χ1) is 11.3. The van der Waals surface area contributed by atoms with E-state index in [-0.39, 0.29) is 0 Å². The number of thioether (sulfide) groups is 1. The van der Waals surface area contributed by atoms with Crippen LogP contribution < -0.4 is 18.9 Å². The summed E-state index contributed by atoms with van der Waals surface area (Å²) in [5.74, 6) is 4.22. The minimum atomic E-state index is 0.644. The van der Waals surface area contributed by atoms with Crippen molar-refractivity contribution in [3.05, 3.63) is 42.5 Å². The number of rotatable bonds is 6. The third kappa shape index (κ3) is 4.48. The molecule has 0 atom stereocenters. The molecular formula is C18H20O4S. The molecule has 0 spiro atoms. The van der Waals surface area contributed by atoms with Gasteiger partial charge in [-0.1, -0.05) is 0 Å². The zero-order chi connectivity index (χ0) is 15.9. The lowest BCUT2D eigenvalue weighted by Crippen LogP contribution is -2.00. The molecule has 1 aliphatic rings. The Morgan fingerprint density at radius 2 is 1.70 bits per heavy atom. The molecule has 0 bridgehead atoms. The zero-order valence-electron chi connectivity index (χ0n) is 13.1. The molecule has 0 saturated heterocycles. The van der Waals surface area contributed by atoms with Crippen LogP contribution in [0.4, 0.5) is 0 Å². The summed E-state index contributed by atoms with van der Waals surface area (Å²) in [6, 6.07) is 13.7. The summed E-state index contributed by atoms with van der Waals surface area (Å²) in [6.45, 7) is 2.07. The first-order valence-corrected chi connectivity index (χ1v) is 8.63. The number of hydrogen-bond acceptors (Lipinski definition) is 5.